The highest BCUT2D eigenvalue weighted by molar-refractivity contribution is 6.30. The predicted molar refractivity (Wildman–Crippen MR) is 104 cm³/mol. The second-order valence-corrected chi connectivity index (χ2v) is 7.29. The van der Waals surface area contributed by atoms with Crippen molar-refractivity contribution in [3.05, 3.63) is 78.3 Å². The van der Waals surface area contributed by atoms with Gasteiger partial charge in [-0.25, -0.2) is 0 Å². The fourth-order valence-corrected chi connectivity index (χ4v) is 3.78. The van der Waals surface area contributed by atoms with Crippen LogP contribution in [0, 0.1) is 6.92 Å². The lowest BCUT2D eigenvalue weighted by Crippen LogP contribution is -2.38. The van der Waals surface area contributed by atoms with Crippen LogP contribution in [-0.4, -0.2) is 27.3 Å². The minimum Gasteiger partial charge on any atom is -0.338 e. The third kappa shape index (κ3) is 3.28. The standard InChI is InChI=1S/C20H18ClN3O3/c1-11-8-16-18(23-20(27)19(26)22-16)15-10-24(7-6-14(11)15)17(25)9-12-2-4-13(21)5-3-12/h2-5,8H,6-7,9-10H2,1H3,(H,22,26)(H,23,27). The van der Waals surface area contributed by atoms with Gasteiger partial charge >= 0.3 is 11.1 Å². The maximum Gasteiger partial charge on any atom is 0.314 e. The summed E-state index contributed by atoms with van der Waals surface area (Å²) in [5.41, 5.74) is 3.81. The van der Waals surface area contributed by atoms with Crippen molar-refractivity contribution >= 4 is 28.5 Å². The van der Waals surface area contributed by atoms with Gasteiger partial charge in [0.25, 0.3) is 0 Å². The normalized spacial score (nSPS) is 13.6. The molecule has 7 heteroatoms. The Bertz CT molecular complexity index is 1160. The Balaban J connectivity index is 1.68. The number of nitrogens with zero attached hydrogens (tertiary/aromatic N) is 1. The highest BCUT2D eigenvalue weighted by Crippen LogP contribution is 2.28. The minimum atomic E-state index is -0.682. The Labute approximate surface area is 159 Å². The number of aromatic amines is 2. The van der Waals surface area contributed by atoms with Crippen LogP contribution in [0.2, 0.25) is 5.02 Å². The van der Waals surface area contributed by atoms with E-state index in [0.717, 1.165) is 22.3 Å². The predicted octanol–water partition coefficient (Wildman–Crippen LogP) is 2.31. The van der Waals surface area contributed by atoms with Crippen LogP contribution in [0.3, 0.4) is 0 Å². The summed E-state index contributed by atoms with van der Waals surface area (Å²) in [6.45, 7) is 3.01. The average Bonchev–Trinajstić information content (AvgIpc) is 2.65. The zero-order valence-electron chi connectivity index (χ0n) is 14.8. The van der Waals surface area contributed by atoms with Gasteiger partial charge in [0.05, 0.1) is 17.5 Å². The summed E-state index contributed by atoms with van der Waals surface area (Å²) in [6, 6.07) is 9.11. The van der Waals surface area contributed by atoms with Crippen LogP contribution in [0.5, 0.6) is 0 Å². The first kappa shape index (κ1) is 17.5. The van der Waals surface area contributed by atoms with E-state index >= 15 is 0 Å². The number of rotatable bonds is 2. The molecule has 1 amide bonds. The van der Waals surface area contributed by atoms with Gasteiger partial charge in [0.1, 0.15) is 0 Å². The summed E-state index contributed by atoms with van der Waals surface area (Å²) in [5, 5.41) is 0.637. The molecule has 0 atom stereocenters. The van der Waals surface area contributed by atoms with Crippen LogP contribution in [0.1, 0.15) is 22.3 Å². The SMILES string of the molecule is Cc1cc2[nH]c(=O)c(=O)[nH]c2c2c1CCN(C(=O)Cc1ccc(Cl)cc1)C2. The van der Waals surface area contributed by atoms with Gasteiger partial charge in [-0.2, -0.15) is 0 Å². The number of nitrogens with one attached hydrogen (secondary N) is 2. The number of hydrogen-bond donors (Lipinski definition) is 2. The number of benzene rings is 2. The van der Waals surface area contributed by atoms with Crippen LogP contribution < -0.4 is 11.1 Å². The van der Waals surface area contributed by atoms with Gasteiger partial charge in [0, 0.05) is 23.7 Å². The zero-order valence-corrected chi connectivity index (χ0v) is 15.5. The number of fused-ring (bicyclic) bond motifs is 3. The van der Waals surface area contributed by atoms with E-state index in [9.17, 15) is 14.4 Å². The lowest BCUT2D eigenvalue weighted by molar-refractivity contribution is -0.131. The average molecular weight is 384 g/mol. The van der Waals surface area contributed by atoms with Crippen molar-refractivity contribution in [1.29, 1.82) is 0 Å². The molecule has 6 nitrogen and oxygen atoms in total. The van der Waals surface area contributed by atoms with Crippen LogP contribution in [0.15, 0.2) is 39.9 Å². The van der Waals surface area contributed by atoms with Gasteiger partial charge in [0.15, 0.2) is 0 Å². The number of amides is 1. The van der Waals surface area contributed by atoms with Crippen LogP contribution in [0.25, 0.3) is 11.0 Å². The number of carbonyl (C=O) groups excluding carboxylic acids is 1. The lowest BCUT2D eigenvalue weighted by Gasteiger charge is -2.30. The summed E-state index contributed by atoms with van der Waals surface area (Å²) < 4.78 is 0. The zero-order chi connectivity index (χ0) is 19.1. The van der Waals surface area contributed by atoms with Gasteiger partial charge < -0.3 is 14.9 Å². The van der Waals surface area contributed by atoms with Crippen LogP contribution >= 0.6 is 11.6 Å². The van der Waals surface area contributed by atoms with Gasteiger partial charge in [-0.05, 0) is 48.2 Å². The maximum atomic E-state index is 12.8. The van der Waals surface area contributed by atoms with Crippen molar-refractivity contribution < 1.29 is 4.79 Å². The number of carbonyl (C=O) groups is 1. The second-order valence-electron chi connectivity index (χ2n) is 6.85. The fraction of sp³-hybridized carbons (Fsp3) is 0.250. The Morgan fingerprint density at radius 3 is 2.56 bits per heavy atom. The van der Waals surface area contributed by atoms with E-state index in [2.05, 4.69) is 9.97 Å². The molecule has 1 aliphatic heterocycles. The maximum absolute atomic E-state index is 12.8. The summed E-state index contributed by atoms with van der Waals surface area (Å²) in [7, 11) is 0. The molecule has 1 aromatic heterocycles. The van der Waals surface area contributed by atoms with E-state index in [4.69, 9.17) is 11.6 Å². The molecule has 0 aliphatic carbocycles. The molecule has 0 unspecified atom stereocenters. The van der Waals surface area contributed by atoms with E-state index in [-0.39, 0.29) is 5.91 Å². The Morgan fingerprint density at radius 2 is 1.81 bits per heavy atom. The molecular formula is C20H18ClN3O3. The molecule has 3 aromatic rings. The van der Waals surface area contributed by atoms with E-state index in [1.165, 1.54) is 0 Å². The first-order valence-corrected chi connectivity index (χ1v) is 9.10. The first-order valence-electron chi connectivity index (χ1n) is 8.72. The summed E-state index contributed by atoms with van der Waals surface area (Å²) in [6.07, 6.45) is 1.01. The van der Waals surface area contributed by atoms with Gasteiger partial charge in [-0.15, -0.1) is 0 Å². The second kappa shape index (κ2) is 6.70. The van der Waals surface area contributed by atoms with Crippen molar-refractivity contribution in [3.8, 4) is 0 Å². The summed E-state index contributed by atoms with van der Waals surface area (Å²) in [5.74, 6) is 0.0180. The largest absolute Gasteiger partial charge is 0.338 e. The highest BCUT2D eigenvalue weighted by Gasteiger charge is 2.24. The monoisotopic (exact) mass is 383 g/mol. The van der Waals surface area contributed by atoms with E-state index in [1.807, 2.05) is 25.1 Å². The Morgan fingerprint density at radius 1 is 1.11 bits per heavy atom. The number of aromatic nitrogens is 2. The summed E-state index contributed by atoms with van der Waals surface area (Å²) in [4.78, 5) is 43.3. The molecule has 0 spiro atoms. The molecule has 4 rings (SSSR count). The Hall–Kier alpha value is -2.86. The molecular weight excluding hydrogens is 366 g/mol. The van der Waals surface area contributed by atoms with E-state index in [0.29, 0.717) is 42.0 Å². The molecule has 2 heterocycles. The van der Waals surface area contributed by atoms with Gasteiger partial charge in [-0.3, -0.25) is 14.4 Å². The fourth-order valence-electron chi connectivity index (χ4n) is 3.66. The molecule has 0 saturated heterocycles. The van der Waals surface area contributed by atoms with Crippen molar-refractivity contribution in [2.45, 2.75) is 26.3 Å². The number of H-pyrrole nitrogens is 2. The topological polar surface area (TPSA) is 86.0 Å². The molecule has 27 heavy (non-hydrogen) atoms. The smallest absolute Gasteiger partial charge is 0.314 e. The summed E-state index contributed by atoms with van der Waals surface area (Å²) >= 11 is 5.90. The van der Waals surface area contributed by atoms with Crippen molar-refractivity contribution in [3.63, 3.8) is 0 Å². The molecule has 0 radical (unpaired) electrons. The van der Waals surface area contributed by atoms with Crippen LogP contribution in [0.4, 0.5) is 0 Å². The highest BCUT2D eigenvalue weighted by atomic mass is 35.5. The first-order chi connectivity index (χ1) is 12.9. The van der Waals surface area contributed by atoms with E-state index in [1.54, 1.807) is 17.0 Å². The number of aryl methyl sites for hydroxylation is 1. The van der Waals surface area contributed by atoms with Crippen molar-refractivity contribution in [2.24, 2.45) is 0 Å². The van der Waals surface area contributed by atoms with Gasteiger partial charge in [-0.1, -0.05) is 23.7 Å². The molecule has 2 aromatic carbocycles. The van der Waals surface area contributed by atoms with Gasteiger partial charge in [0.2, 0.25) is 5.91 Å². The molecule has 0 saturated carbocycles. The number of halogens is 1. The van der Waals surface area contributed by atoms with Crippen molar-refractivity contribution in [1.82, 2.24) is 14.9 Å². The Kier molecular flexibility index (Phi) is 4.36. The minimum absolute atomic E-state index is 0.0180. The molecule has 2 N–H and O–H groups in total. The van der Waals surface area contributed by atoms with E-state index < -0.39 is 11.1 Å². The molecule has 138 valence electrons. The van der Waals surface area contributed by atoms with Crippen LogP contribution in [-0.2, 0) is 24.2 Å². The third-order valence-corrected chi connectivity index (χ3v) is 5.32. The third-order valence-electron chi connectivity index (χ3n) is 5.07. The molecule has 1 aliphatic rings. The van der Waals surface area contributed by atoms with Crippen molar-refractivity contribution in [2.75, 3.05) is 6.54 Å². The quantitative estimate of drug-likeness (QED) is 0.666. The molecule has 0 fully saturated rings. The lowest BCUT2D eigenvalue weighted by atomic mass is 9.93. The number of hydrogen-bond acceptors (Lipinski definition) is 3. The molecule has 0 bridgehead atoms.